The van der Waals surface area contributed by atoms with Gasteiger partial charge >= 0.3 is 0 Å². The van der Waals surface area contributed by atoms with Gasteiger partial charge in [-0.15, -0.1) is 0 Å². The minimum absolute atomic E-state index is 0.0268. The van der Waals surface area contributed by atoms with Gasteiger partial charge in [0.05, 0.1) is 18.1 Å². The number of piperidine rings is 1. The predicted molar refractivity (Wildman–Crippen MR) is 55.4 cm³/mol. The third kappa shape index (κ3) is 2.49. The van der Waals surface area contributed by atoms with Crippen molar-refractivity contribution in [2.45, 2.75) is 31.8 Å². The number of hydrogen-bond donors (Lipinski definition) is 1. The van der Waals surface area contributed by atoms with Gasteiger partial charge in [0.2, 0.25) is 5.91 Å². The molecule has 2 rings (SSSR count). The smallest absolute Gasteiger partial charge is 0.228 e. The molecule has 2 heterocycles. The maximum atomic E-state index is 12.0. The van der Waals surface area contributed by atoms with E-state index in [1.165, 1.54) is 0 Å². The number of amides is 1. The van der Waals surface area contributed by atoms with Crippen LogP contribution >= 0.6 is 0 Å². The van der Waals surface area contributed by atoms with Crippen LogP contribution in [0.4, 0.5) is 0 Å². The molecule has 0 saturated carbocycles. The van der Waals surface area contributed by atoms with Crippen molar-refractivity contribution in [3.63, 3.8) is 0 Å². The van der Waals surface area contributed by atoms with Crippen LogP contribution in [0.2, 0.25) is 0 Å². The van der Waals surface area contributed by atoms with E-state index in [9.17, 15) is 9.90 Å². The monoisotopic (exact) mass is 213 g/mol. The summed E-state index contributed by atoms with van der Waals surface area (Å²) in [6.45, 7) is 4.31. The second kappa shape index (κ2) is 4.10. The van der Waals surface area contributed by atoms with Crippen molar-refractivity contribution >= 4 is 5.91 Å². The number of ether oxygens (including phenoxy) is 1. The number of carbonyl (C=O) groups excluding carboxylic acids is 1. The summed E-state index contributed by atoms with van der Waals surface area (Å²) >= 11 is 0. The summed E-state index contributed by atoms with van der Waals surface area (Å²) in [5.74, 6) is 0.186. The molecule has 0 aromatic rings. The fraction of sp³-hybridized carbons (Fsp3) is 0.909. The Labute approximate surface area is 90.2 Å². The van der Waals surface area contributed by atoms with Gasteiger partial charge in [0.1, 0.15) is 0 Å². The molecule has 0 aliphatic carbocycles. The zero-order valence-electron chi connectivity index (χ0n) is 9.24. The topological polar surface area (TPSA) is 49.8 Å². The van der Waals surface area contributed by atoms with Crippen LogP contribution < -0.4 is 0 Å². The Bertz CT molecular complexity index is 246. The van der Waals surface area contributed by atoms with Crippen molar-refractivity contribution in [1.29, 1.82) is 0 Å². The van der Waals surface area contributed by atoms with Crippen LogP contribution in [0.3, 0.4) is 0 Å². The molecule has 2 saturated heterocycles. The van der Waals surface area contributed by atoms with E-state index >= 15 is 0 Å². The highest BCUT2D eigenvalue weighted by atomic mass is 16.5. The summed E-state index contributed by atoms with van der Waals surface area (Å²) in [6.07, 6.45) is 2.52. The first-order valence-electron chi connectivity index (χ1n) is 5.67. The minimum atomic E-state index is -0.701. The Morgan fingerprint density at radius 2 is 2.40 bits per heavy atom. The molecule has 0 spiro atoms. The normalized spacial score (nSPS) is 36.9. The van der Waals surface area contributed by atoms with Crippen molar-refractivity contribution in [1.82, 2.24) is 4.90 Å². The Morgan fingerprint density at radius 1 is 1.60 bits per heavy atom. The van der Waals surface area contributed by atoms with Gasteiger partial charge in [-0.05, 0) is 26.2 Å². The molecule has 2 aliphatic rings. The zero-order chi connectivity index (χ0) is 10.9. The van der Waals surface area contributed by atoms with Gasteiger partial charge in [-0.3, -0.25) is 4.79 Å². The molecule has 2 unspecified atom stereocenters. The molecule has 0 aromatic heterocycles. The van der Waals surface area contributed by atoms with E-state index < -0.39 is 5.60 Å². The van der Waals surface area contributed by atoms with E-state index in [2.05, 4.69) is 0 Å². The molecule has 2 atom stereocenters. The average Bonchev–Trinajstić information content (AvgIpc) is 2.67. The summed E-state index contributed by atoms with van der Waals surface area (Å²) in [4.78, 5) is 13.8. The summed E-state index contributed by atoms with van der Waals surface area (Å²) in [5, 5.41) is 9.91. The fourth-order valence-corrected chi connectivity index (χ4v) is 2.40. The van der Waals surface area contributed by atoms with Crippen LogP contribution in [0.1, 0.15) is 26.2 Å². The molecule has 15 heavy (non-hydrogen) atoms. The highest BCUT2D eigenvalue weighted by Crippen LogP contribution is 2.23. The van der Waals surface area contributed by atoms with Crippen LogP contribution in [-0.4, -0.2) is 47.8 Å². The highest BCUT2D eigenvalue weighted by Gasteiger charge is 2.34. The van der Waals surface area contributed by atoms with Gasteiger partial charge in [-0.25, -0.2) is 0 Å². The lowest BCUT2D eigenvalue weighted by atomic mass is 9.94. The van der Waals surface area contributed by atoms with Gasteiger partial charge in [-0.2, -0.15) is 0 Å². The Morgan fingerprint density at radius 3 is 3.00 bits per heavy atom. The predicted octanol–water partition coefficient (Wildman–Crippen LogP) is 0.396. The van der Waals surface area contributed by atoms with E-state index in [0.29, 0.717) is 19.8 Å². The molecule has 86 valence electrons. The fourth-order valence-electron chi connectivity index (χ4n) is 2.40. The average molecular weight is 213 g/mol. The third-order valence-corrected chi connectivity index (χ3v) is 3.27. The van der Waals surface area contributed by atoms with E-state index in [0.717, 1.165) is 25.8 Å². The van der Waals surface area contributed by atoms with Crippen LogP contribution in [-0.2, 0) is 9.53 Å². The second-order valence-corrected chi connectivity index (χ2v) is 4.92. The van der Waals surface area contributed by atoms with Gasteiger partial charge in [0.25, 0.3) is 0 Å². The summed E-state index contributed by atoms with van der Waals surface area (Å²) in [7, 11) is 0. The number of hydrogen-bond acceptors (Lipinski definition) is 3. The molecule has 2 fully saturated rings. The number of carbonyl (C=O) groups is 1. The maximum absolute atomic E-state index is 12.0. The first kappa shape index (κ1) is 10.9. The molecular weight excluding hydrogens is 194 g/mol. The Kier molecular flexibility index (Phi) is 2.98. The van der Waals surface area contributed by atoms with Crippen LogP contribution in [0, 0.1) is 5.92 Å². The largest absolute Gasteiger partial charge is 0.388 e. The number of nitrogens with zero attached hydrogens (tertiary/aromatic N) is 1. The number of β-amino-alcohol motifs (C(OH)–C–C–N with tert-alkyl or cyclic N) is 1. The minimum Gasteiger partial charge on any atom is -0.388 e. The SMILES string of the molecule is CC1(O)CCCN(C(=O)C2CCOC2)C1. The first-order valence-corrected chi connectivity index (χ1v) is 5.67. The summed E-state index contributed by atoms with van der Waals surface area (Å²) < 4.78 is 5.21. The molecule has 4 nitrogen and oxygen atoms in total. The van der Waals surface area contributed by atoms with E-state index in [4.69, 9.17) is 4.74 Å². The van der Waals surface area contributed by atoms with Crippen molar-refractivity contribution in [2.75, 3.05) is 26.3 Å². The molecule has 0 radical (unpaired) electrons. The molecular formula is C11H19NO3. The van der Waals surface area contributed by atoms with Crippen molar-refractivity contribution in [3.8, 4) is 0 Å². The van der Waals surface area contributed by atoms with Crippen LogP contribution in [0.5, 0.6) is 0 Å². The van der Waals surface area contributed by atoms with Crippen molar-refractivity contribution in [3.05, 3.63) is 0 Å². The lowest BCUT2D eigenvalue weighted by molar-refractivity contribution is -0.141. The lowest BCUT2D eigenvalue weighted by Gasteiger charge is -2.37. The van der Waals surface area contributed by atoms with Gasteiger partial charge in [0, 0.05) is 19.7 Å². The lowest BCUT2D eigenvalue weighted by Crippen LogP contribution is -2.50. The standard InChI is InChI=1S/C11H19NO3/c1-11(14)4-2-5-12(8-11)10(13)9-3-6-15-7-9/h9,14H,2-8H2,1H3. The van der Waals surface area contributed by atoms with Gasteiger partial charge in [0.15, 0.2) is 0 Å². The van der Waals surface area contributed by atoms with Crippen molar-refractivity contribution < 1.29 is 14.6 Å². The Hall–Kier alpha value is -0.610. The molecule has 2 aliphatic heterocycles. The van der Waals surface area contributed by atoms with E-state index in [-0.39, 0.29) is 11.8 Å². The second-order valence-electron chi connectivity index (χ2n) is 4.92. The van der Waals surface area contributed by atoms with Crippen LogP contribution in [0.25, 0.3) is 0 Å². The molecule has 1 N–H and O–H groups in total. The summed E-state index contributed by atoms with van der Waals surface area (Å²) in [6, 6.07) is 0. The summed E-state index contributed by atoms with van der Waals surface area (Å²) in [5.41, 5.74) is -0.701. The quantitative estimate of drug-likeness (QED) is 0.685. The highest BCUT2D eigenvalue weighted by molar-refractivity contribution is 5.79. The molecule has 4 heteroatoms. The van der Waals surface area contributed by atoms with E-state index in [1.54, 1.807) is 11.8 Å². The van der Waals surface area contributed by atoms with Crippen LogP contribution in [0.15, 0.2) is 0 Å². The maximum Gasteiger partial charge on any atom is 0.228 e. The third-order valence-electron chi connectivity index (χ3n) is 3.27. The zero-order valence-corrected chi connectivity index (χ0v) is 9.24. The van der Waals surface area contributed by atoms with Crippen molar-refractivity contribution in [2.24, 2.45) is 5.92 Å². The molecule has 0 bridgehead atoms. The van der Waals surface area contributed by atoms with Gasteiger partial charge in [-0.1, -0.05) is 0 Å². The van der Waals surface area contributed by atoms with Gasteiger partial charge < -0.3 is 14.7 Å². The Balaban J connectivity index is 1.94. The number of aliphatic hydroxyl groups is 1. The first-order chi connectivity index (χ1) is 7.08. The number of likely N-dealkylation sites (tertiary alicyclic amines) is 1. The van der Waals surface area contributed by atoms with E-state index in [1.807, 2.05) is 0 Å². The molecule has 1 amide bonds. The number of rotatable bonds is 1. The molecule has 0 aromatic carbocycles.